The zero-order valence-corrected chi connectivity index (χ0v) is 21.0. The van der Waals surface area contributed by atoms with E-state index in [1.165, 1.54) is 23.2 Å². The summed E-state index contributed by atoms with van der Waals surface area (Å²) in [5.74, 6) is 0.897. The van der Waals surface area contributed by atoms with Crippen LogP contribution in [0.3, 0.4) is 0 Å². The second-order valence-corrected chi connectivity index (χ2v) is 9.01. The molecule has 0 spiro atoms. The van der Waals surface area contributed by atoms with Crippen LogP contribution >= 0.6 is 0 Å². The maximum Gasteiger partial charge on any atom is 0.418 e. The number of halogens is 2. The molecule has 0 saturated heterocycles. The fourth-order valence-electron chi connectivity index (χ4n) is 4.66. The van der Waals surface area contributed by atoms with Crippen LogP contribution in [0.5, 0.6) is 5.75 Å². The Kier molecular flexibility index (Phi) is 7.62. The maximum atomic E-state index is 13.2. The lowest BCUT2D eigenvalue weighted by Crippen LogP contribution is -2.22. The minimum atomic E-state index is -2.92. The number of benzene rings is 1. The highest BCUT2D eigenvalue weighted by atomic mass is 19.3. The molecule has 2 atom stereocenters. The SMILES string of the molecule is CCOC(=O)n1cc(-c2ccc(N[C@H]3CC[C@H](Nc4ncc(OC(F)F)cn4)C3)nc2)c(=O)c2ccccc21. The fourth-order valence-corrected chi connectivity index (χ4v) is 4.66. The van der Waals surface area contributed by atoms with Crippen LogP contribution in [0.1, 0.15) is 26.2 Å². The number of nitrogens with one attached hydrogen (secondary N) is 2. The Labute approximate surface area is 222 Å². The molecule has 1 aliphatic carbocycles. The minimum absolute atomic E-state index is 0.0977. The number of hydrogen-bond donors (Lipinski definition) is 2. The first-order chi connectivity index (χ1) is 18.9. The van der Waals surface area contributed by atoms with E-state index in [0.29, 0.717) is 33.8 Å². The van der Waals surface area contributed by atoms with Crippen molar-refractivity contribution >= 4 is 28.8 Å². The molecule has 0 unspecified atom stereocenters. The summed E-state index contributed by atoms with van der Waals surface area (Å²) in [5, 5.41) is 7.03. The van der Waals surface area contributed by atoms with Crippen molar-refractivity contribution in [2.24, 2.45) is 0 Å². The first kappa shape index (κ1) is 26.0. The maximum absolute atomic E-state index is 13.2. The lowest BCUT2D eigenvalue weighted by molar-refractivity contribution is -0.0503. The van der Waals surface area contributed by atoms with E-state index in [-0.39, 0.29) is 29.9 Å². The molecule has 202 valence electrons. The van der Waals surface area contributed by atoms with Crippen molar-refractivity contribution in [1.29, 1.82) is 0 Å². The van der Waals surface area contributed by atoms with Crippen LogP contribution < -0.4 is 20.8 Å². The second kappa shape index (κ2) is 11.4. The van der Waals surface area contributed by atoms with Gasteiger partial charge in [0.25, 0.3) is 0 Å². The Morgan fingerprint density at radius 1 is 1.05 bits per heavy atom. The van der Waals surface area contributed by atoms with Crippen LogP contribution in [0, 0.1) is 0 Å². The molecule has 0 radical (unpaired) electrons. The van der Waals surface area contributed by atoms with E-state index < -0.39 is 12.7 Å². The van der Waals surface area contributed by atoms with Gasteiger partial charge in [-0.05, 0) is 50.5 Å². The number of anilines is 2. The van der Waals surface area contributed by atoms with Crippen molar-refractivity contribution in [3.63, 3.8) is 0 Å². The molecule has 1 aromatic carbocycles. The normalized spacial score (nSPS) is 16.8. The fraction of sp³-hybridized carbons (Fsp3) is 0.296. The quantitative estimate of drug-likeness (QED) is 0.324. The molecule has 4 aromatic rings. The number of fused-ring (bicyclic) bond motifs is 1. The highest BCUT2D eigenvalue weighted by Gasteiger charge is 2.25. The van der Waals surface area contributed by atoms with Crippen LogP contribution in [0.25, 0.3) is 22.0 Å². The summed E-state index contributed by atoms with van der Waals surface area (Å²) in [7, 11) is 0. The van der Waals surface area contributed by atoms with Gasteiger partial charge in [-0.1, -0.05) is 12.1 Å². The van der Waals surface area contributed by atoms with Crippen LogP contribution in [0.15, 0.2) is 66.0 Å². The molecule has 0 bridgehead atoms. The summed E-state index contributed by atoms with van der Waals surface area (Å²) in [6.45, 7) is -0.988. The largest absolute Gasteiger partial charge is 0.449 e. The van der Waals surface area contributed by atoms with E-state index in [1.54, 1.807) is 49.5 Å². The summed E-state index contributed by atoms with van der Waals surface area (Å²) in [5.41, 5.74) is 1.20. The molecule has 5 rings (SSSR count). The van der Waals surface area contributed by atoms with Crippen LogP contribution in [-0.2, 0) is 4.74 Å². The Morgan fingerprint density at radius 2 is 1.79 bits per heavy atom. The molecule has 3 aromatic heterocycles. The van der Waals surface area contributed by atoms with Gasteiger partial charge in [0.05, 0.1) is 24.5 Å². The summed E-state index contributed by atoms with van der Waals surface area (Å²) >= 11 is 0. The molecule has 12 heteroatoms. The molecule has 1 saturated carbocycles. The molecule has 39 heavy (non-hydrogen) atoms. The molecular weight excluding hydrogens is 510 g/mol. The molecule has 0 aliphatic heterocycles. The van der Waals surface area contributed by atoms with Gasteiger partial charge in [-0.25, -0.2) is 19.7 Å². The average molecular weight is 537 g/mol. The third-order valence-corrected chi connectivity index (χ3v) is 6.42. The standard InChI is InChI=1S/C27H26F2N6O4/c1-2-38-27(37)35-15-21(24(36)20-5-3-4-6-22(20)35)16-7-10-23(30-12-16)33-17-8-9-18(11-17)34-26-31-13-19(14-32-26)39-25(28)29/h3-7,10,12-15,17-18,25H,2,8-9,11H2,1H3,(H,30,33)(H,31,32,34)/t17-,18-/m0/s1. The van der Waals surface area contributed by atoms with Gasteiger partial charge < -0.3 is 20.1 Å². The average Bonchev–Trinajstić information content (AvgIpc) is 3.37. The van der Waals surface area contributed by atoms with Crippen molar-refractivity contribution in [2.45, 2.75) is 44.9 Å². The molecule has 3 heterocycles. The summed E-state index contributed by atoms with van der Waals surface area (Å²) in [4.78, 5) is 38.3. The number of ether oxygens (including phenoxy) is 2. The predicted octanol–water partition coefficient (Wildman–Crippen LogP) is 4.90. The molecule has 1 fully saturated rings. The smallest absolute Gasteiger partial charge is 0.418 e. The molecular formula is C27H26F2N6O4. The highest BCUT2D eigenvalue weighted by Crippen LogP contribution is 2.26. The second-order valence-electron chi connectivity index (χ2n) is 9.01. The zero-order chi connectivity index (χ0) is 27.4. The van der Waals surface area contributed by atoms with Gasteiger partial charge in [0.1, 0.15) is 5.82 Å². The van der Waals surface area contributed by atoms with Gasteiger partial charge >= 0.3 is 12.7 Å². The number of alkyl halides is 2. The van der Waals surface area contributed by atoms with E-state index in [9.17, 15) is 18.4 Å². The summed E-state index contributed by atoms with van der Waals surface area (Å²) in [6.07, 6.45) is 7.45. The number of carbonyl (C=O) groups excluding carboxylic acids is 1. The van der Waals surface area contributed by atoms with Crippen LogP contribution in [0.4, 0.5) is 25.3 Å². The van der Waals surface area contributed by atoms with Crippen LogP contribution in [0.2, 0.25) is 0 Å². The van der Waals surface area contributed by atoms with Gasteiger partial charge in [-0.15, -0.1) is 0 Å². The van der Waals surface area contributed by atoms with E-state index in [1.807, 2.05) is 0 Å². The number of nitrogens with zero attached hydrogens (tertiary/aromatic N) is 4. The molecule has 10 nitrogen and oxygen atoms in total. The van der Waals surface area contributed by atoms with Gasteiger partial charge in [-0.2, -0.15) is 8.78 Å². The van der Waals surface area contributed by atoms with Gasteiger partial charge in [0.2, 0.25) is 5.95 Å². The van der Waals surface area contributed by atoms with E-state index >= 15 is 0 Å². The highest BCUT2D eigenvalue weighted by molar-refractivity contribution is 5.91. The van der Waals surface area contributed by atoms with Gasteiger partial charge in [0.15, 0.2) is 11.2 Å². The number of pyridine rings is 2. The lowest BCUT2D eigenvalue weighted by atomic mass is 10.1. The Balaban J connectivity index is 1.26. The molecule has 2 N–H and O–H groups in total. The first-order valence-electron chi connectivity index (χ1n) is 12.5. The van der Waals surface area contributed by atoms with Crippen molar-refractivity contribution in [3.05, 3.63) is 71.4 Å². The number of aromatic nitrogens is 4. The monoisotopic (exact) mass is 536 g/mol. The molecule has 1 aliphatic rings. The number of carbonyl (C=O) groups is 1. The Morgan fingerprint density at radius 3 is 2.49 bits per heavy atom. The molecule has 0 amide bonds. The van der Waals surface area contributed by atoms with Crippen molar-refractivity contribution in [2.75, 3.05) is 17.2 Å². The number of para-hydroxylation sites is 1. The lowest BCUT2D eigenvalue weighted by Gasteiger charge is -2.16. The third-order valence-electron chi connectivity index (χ3n) is 6.42. The van der Waals surface area contributed by atoms with E-state index in [4.69, 9.17) is 4.74 Å². The third kappa shape index (κ3) is 5.95. The zero-order valence-electron chi connectivity index (χ0n) is 21.0. The predicted molar refractivity (Wildman–Crippen MR) is 141 cm³/mol. The first-order valence-corrected chi connectivity index (χ1v) is 12.5. The van der Waals surface area contributed by atoms with Gasteiger partial charge in [0, 0.05) is 41.0 Å². The van der Waals surface area contributed by atoms with Crippen LogP contribution in [-0.4, -0.2) is 50.9 Å². The Bertz CT molecular complexity index is 1510. The Hall–Kier alpha value is -4.61. The van der Waals surface area contributed by atoms with Gasteiger partial charge in [-0.3, -0.25) is 9.36 Å². The van der Waals surface area contributed by atoms with E-state index in [0.717, 1.165) is 19.3 Å². The minimum Gasteiger partial charge on any atom is -0.449 e. The topological polar surface area (TPSA) is 120 Å². The van der Waals surface area contributed by atoms with Crippen molar-refractivity contribution in [1.82, 2.24) is 19.5 Å². The number of rotatable bonds is 8. The van der Waals surface area contributed by atoms with E-state index in [2.05, 4.69) is 30.3 Å². The van der Waals surface area contributed by atoms with Crippen molar-refractivity contribution in [3.8, 4) is 16.9 Å². The summed E-state index contributed by atoms with van der Waals surface area (Å²) < 4.78 is 35.4. The summed E-state index contributed by atoms with van der Waals surface area (Å²) in [6, 6.07) is 10.7. The number of hydrogen-bond acceptors (Lipinski definition) is 9. The van der Waals surface area contributed by atoms with Crippen molar-refractivity contribution < 1.29 is 23.0 Å².